The number of hydrogen-bond donors (Lipinski definition) is 1. The number of nitro benzene ring substituents is 1. The van der Waals surface area contributed by atoms with Crippen molar-refractivity contribution in [3.63, 3.8) is 0 Å². The number of nitrogens with one attached hydrogen (secondary N) is 1. The van der Waals surface area contributed by atoms with Gasteiger partial charge in [0.25, 0.3) is 21.6 Å². The number of furan rings is 1. The molecule has 0 radical (unpaired) electrons. The van der Waals surface area contributed by atoms with Gasteiger partial charge in [0.15, 0.2) is 0 Å². The Morgan fingerprint density at radius 1 is 1.21 bits per heavy atom. The van der Waals surface area contributed by atoms with E-state index in [-0.39, 0.29) is 11.3 Å². The molecule has 1 amide bonds. The minimum absolute atomic E-state index is 0.0435. The molecule has 128 valence electrons. The summed E-state index contributed by atoms with van der Waals surface area (Å²) in [6, 6.07) is 1.83. The molecule has 1 N–H and O–H groups in total. The van der Waals surface area contributed by atoms with Crippen LogP contribution in [-0.2, 0) is 10.0 Å². The molecule has 0 aliphatic rings. The average Bonchev–Trinajstić information content (AvgIpc) is 2.70. The molecule has 8 nitrogen and oxygen atoms in total. The van der Waals surface area contributed by atoms with E-state index >= 15 is 0 Å². The first-order chi connectivity index (χ1) is 11.0. The Hall–Kier alpha value is -2.75. The number of non-ortho nitro benzene ring substituents is 1. The van der Waals surface area contributed by atoms with Crippen molar-refractivity contribution in [2.45, 2.75) is 25.7 Å². The van der Waals surface area contributed by atoms with Crippen molar-refractivity contribution in [1.29, 1.82) is 0 Å². The highest BCUT2D eigenvalue weighted by molar-refractivity contribution is 7.90. The molecule has 0 bridgehead atoms. The molecule has 0 aliphatic heterocycles. The largest absolute Gasteiger partial charge is 0.466 e. The summed E-state index contributed by atoms with van der Waals surface area (Å²) in [6.07, 6.45) is 0. The Bertz CT molecular complexity index is 948. The quantitative estimate of drug-likeness (QED) is 0.663. The molecular formula is C14H13FN2O6S. The van der Waals surface area contributed by atoms with Gasteiger partial charge in [-0.25, -0.2) is 17.5 Å². The molecule has 24 heavy (non-hydrogen) atoms. The van der Waals surface area contributed by atoms with Crippen molar-refractivity contribution >= 4 is 21.6 Å². The summed E-state index contributed by atoms with van der Waals surface area (Å²) in [5.74, 6) is -1.39. The van der Waals surface area contributed by atoms with Crippen LogP contribution in [0.1, 0.15) is 27.4 Å². The van der Waals surface area contributed by atoms with Crippen LogP contribution in [0.3, 0.4) is 0 Å². The van der Waals surface area contributed by atoms with Gasteiger partial charge in [0.05, 0.1) is 21.4 Å². The molecule has 0 spiro atoms. The summed E-state index contributed by atoms with van der Waals surface area (Å²) in [4.78, 5) is 21.3. The lowest BCUT2D eigenvalue weighted by Gasteiger charge is -2.07. The number of nitrogens with zero attached hydrogens (tertiary/aromatic N) is 1. The van der Waals surface area contributed by atoms with Gasteiger partial charge in [-0.15, -0.1) is 0 Å². The molecule has 2 rings (SSSR count). The van der Waals surface area contributed by atoms with E-state index in [1.807, 2.05) is 0 Å². The number of aryl methyl sites for hydroxylation is 2. The number of hydrogen-bond acceptors (Lipinski definition) is 6. The zero-order chi connectivity index (χ0) is 18.2. The summed E-state index contributed by atoms with van der Waals surface area (Å²) in [5.41, 5.74) is -0.234. The molecule has 1 heterocycles. The topological polar surface area (TPSA) is 120 Å². The van der Waals surface area contributed by atoms with Crippen molar-refractivity contribution in [2.75, 3.05) is 0 Å². The van der Waals surface area contributed by atoms with Gasteiger partial charge in [-0.05, 0) is 26.8 Å². The fourth-order valence-electron chi connectivity index (χ4n) is 2.17. The Morgan fingerprint density at radius 2 is 1.83 bits per heavy atom. The number of rotatable bonds is 4. The molecule has 10 heteroatoms. The van der Waals surface area contributed by atoms with Gasteiger partial charge in [-0.3, -0.25) is 14.9 Å². The van der Waals surface area contributed by atoms with E-state index in [2.05, 4.69) is 0 Å². The zero-order valence-electron chi connectivity index (χ0n) is 12.9. The molecule has 0 saturated carbocycles. The Labute approximate surface area is 136 Å². The van der Waals surface area contributed by atoms with E-state index < -0.39 is 37.3 Å². The molecule has 0 atom stereocenters. The van der Waals surface area contributed by atoms with Crippen LogP contribution >= 0.6 is 0 Å². The zero-order valence-corrected chi connectivity index (χ0v) is 13.7. The standard InChI is InChI=1S/C14H13FN2O6S/c1-7-8(2)23-9(3)13(7)14(18)16-24(21,22)12-5-10(15)4-11(6-12)17(19)20/h4-6H,1-3H3,(H,16,18). The Kier molecular flexibility index (Phi) is 4.43. The number of halogens is 1. The first-order valence-corrected chi connectivity index (χ1v) is 8.10. The van der Waals surface area contributed by atoms with Gasteiger partial charge in [0.2, 0.25) is 0 Å². The molecule has 0 unspecified atom stereocenters. The number of carbonyl (C=O) groups excluding carboxylic acids is 1. The first kappa shape index (κ1) is 17.6. The van der Waals surface area contributed by atoms with Crippen LogP contribution in [0, 0.1) is 36.7 Å². The molecule has 0 saturated heterocycles. The first-order valence-electron chi connectivity index (χ1n) is 6.61. The molecule has 2 aromatic rings. The lowest BCUT2D eigenvalue weighted by Crippen LogP contribution is -2.31. The number of carbonyl (C=O) groups is 1. The maximum Gasteiger partial charge on any atom is 0.273 e. The maximum absolute atomic E-state index is 13.4. The third kappa shape index (κ3) is 3.27. The van der Waals surface area contributed by atoms with Crippen molar-refractivity contribution in [1.82, 2.24) is 4.72 Å². The van der Waals surface area contributed by atoms with Crippen molar-refractivity contribution in [3.8, 4) is 0 Å². The lowest BCUT2D eigenvalue weighted by atomic mass is 10.1. The summed E-state index contributed by atoms with van der Waals surface area (Å²) in [6.45, 7) is 4.69. The summed E-state index contributed by atoms with van der Waals surface area (Å²) in [5, 5.41) is 10.7. The SMILES string of the molecule is Cc1oc(C)c(C(=O)NS(=O)(=O)c2cc(F)cc([N+](=O)[O-])c2)c1C. The average molecular weight is 356 g/mol. The van der Waals surface area contributed by atoms with E-state index in [1.54, 1.807) is 18.6 Å². The molecule has 1 aromatic carbocycles. The second kappa shape index (κ2) is 6.04. The number of amides is 1. The van der Waals surface area contributed by atoms with Gasteiger partial charge in [0.1, 0.15) is 17.3 Å². The van der Waals surface area contributed by atoms with Gasteiger partial charge in [-0.1, -0.05) is 0 Å². The van der Waals surface area contributed by atoms with Crippen LogP contribution < -0.4 is 4.72 Å². The summed E-state index contributed by atoms with van der Waals surface area (Å²) >= 11 is 0. The van der Waals surface area contributed by atoms with Crippen LogP contribution in [0.2, 0.25) is 0 Å². The molecular weight excluding hydrogens is 343 g/mol. The van der Waals surface area contributed by atoms with E-state index in [0.717, 1.165) is 0 Å². The van der Waals surface area contributed by atoms with Crippen molar-refractivity contribution in [3.05, 3.63) is 56.8 Å². The van der Waals surface area contributed by atoms with Crippen LogP contribution in [0.25, 0.3) is 0 Å². The Morgan fingerprint density at radius 3 is 2.33 bits per heavy atom. The highest BCUT2D eigenvalue weighted by Crippen LogP contribution is 2.23. The second-order valence-electron chi connectivity index (χ2n) is 5.05. The smallest absolute Gasteiger partial charge is 0.273 e. The van der Waals surface area contributed by atoms with E-state index in [0.29, 0.717) is 29.5 Å². The Balaban J connectivity index is 2.42. The van der Waals surface area contributed by atoms with Gasteiger partial charge >= 0.3 is 0 Å². The van der Waals surface area contributed by atoms with Crippen LogP contribution in [0.5, 0.6) is 0 Å². The van der Waals surface area contributed by atoms with Crippen LogP contribution in [0.4, 0.5) is 10.1 Å². The van der Waals surface area contributed by atoms with Gasteiger partial charge in [-0.2, -0.15) is 0 Å². The minimum Gasteiger partial charge on any atom is -0.466 e. The fraction of sp³-hybridized carbons (Fsp3) is 0.214. The fourth-order valence-corrected chi connectivity index (χ4v) is 3.18. The van der Waals surface area contributed by atoms with Crippen molar-refractivity contribution < 1.29 is 26.9 Å². The van der Waals surface area contributed by atoms with Crippen molar-refractivity contribution in [2.24, 2.45) is 0 Å². The molecule has 0 aliphatic carbocycles. The van der Waals surface area contributed by atoms with Gasteiger partial charge < -0.3 is 4.42 Å². The maximum atomic E-state index is 13.4. The van der Waals surface area contributed by atoms with E-state index in [1.165, 1.54) is 6.92 Å². The number of benzene rings is 1. The predicted octanol–water partition coefficient (Wildman–Crippen LogP) is 2.37. The number of nitro groups is 1. The normalized spacial score (nSPS) is 11.3. The lowest BCUT2D eigenvalue weighted by molar-refractivity contribution is -0.385. The van der Waals surface area contributed by atoms with Crippen LogP contribution in [-0.4, -0.2) is 19.2 Å². The highest BCUT2D eigenvalue weighted by atomic mass is 32.2. The summed E-state index contributed by atoms with van der Waals surface area (Å²) < 4.78 is 44.9. The third-order valence-corrected chi connectivity index (χ3v) is 4.70. The highest BCUT2D eigenvalue weighted by Gasteiger charge is 2.26. The third-order valence-electron chi connectivity index (χ3n) is 3.39. The predicted molar refractivity (Wildman–Crippen MR) is 80.6 cm³/mol. The van der Waals surface area contributed by atoms with E-state index in [4.69, 9.17) is 4.42 Å². The van der Waals surface area contributed by atoms with Gasteiger partial charge in [0, 0.05) is 11.6 Å². The number of sulfonamides is 1. The minimum atomic E-state index is -4.50. The summed E-state index contributed by atoms with van der Waals surface area (Å²) in [7, 11) is -4.50. The van der Waals surface area contributed by atoms with Crippen LogP contribution in [0.15, 0.2) is 27.5 Å². The molecule has 0 fully saturated rings. The monoisotopic (exact) mass is 356 g/mol. The van der Waals surface area contributed by atoms with E-state index in [9.17, 15) is 27.7 Å². The second-order valence-corrected chi connectivity index (χ2v) is 6.73. The molecule has 1 aromatic heterocycles.